The number of benzene rings is 2. The average molecular weight is 438 g/mol. The van der Waals surface area contributed by atoms with Gasteiger partial charge in [-0.3, -0.25) is 9.78 Å². The van der Waals surface area contributed by atoms with Gasteiger partial charge in [-0.1, -0.05) is 46.3 Å². The number of halogens is 1. The van der Waals surface area contributed by atoms with Gasteiger partial charge in [0.25, 0.3) is 5.56 Å². The lowest BCUT2D eigenvalue weighted by Gasteiger charge is -2.08. The summed E-state index contributed by atoms with van der Waals surface area (Å²) in [6.45, 7) is 1.96. The van der Waals surface area contributed by atoms with Gasteiger partial charge in [-0.25, -0.2) is 10.4 Å². The number of nitriles is 1. The lowest BCUT2D eigenvalue weighted by molar-refractivity contribution is 0.413. The maximum absolute atomic E-state index is 12.2. The Morgan fingerprint density at radius 1 is 1.32 bits per heavy atom. The molecule has 0 aliphatic rings. The highest BCUT2D eigenvalue weighted by molar-refractivity contribution is 9.10. The Balaban J connectivity index is 1.93. The quantitative estimate of drug-likeness (QED) is 0.466. The van der Waals surface area contributed by atoms with Crippen molar-refractivity contribution >= 4 is 28.1 Å². The van der Waals surface area contributed by atoms with Crippen LogP contribution in [0.1, 0.15) is 16.7 Å². The van der Waals surface area contributed by atoms with E-state index in [0.717, 1.165) is 15.6 Å². The summed E-state index contributed by atoms with van der Waals surface area (Å²) in [6.07, 6.45) is 1.56. The van der Waals surface area contributed by atoms with E-state index in [2.05, 4.69) is 36.4 Å². The molecule has 0 bridgehead atoms. The summed E-state index contributed by atoms with van der Waals surface area (Å²) >= 11 is 3.48. The molecule has 0 saturated carbocycles. The number of rotatable bonds is 5. The molecule has 7 nitrogen and oxygen atoms in total. The molecule has 1 heterocycles. The molecule has 2 aromatic carbocycles. The molecular weight excluding hydrogens is 422 g/mol. The van der Waals surface area contributed by atoms with Crippen LogP contribution in [0.4, 0.5) is 5.95 Å². The number of methoxy groups -OCH3 is 1. The molecule has 1 aromatic heterocycles. The lowest BCUT2D eigenvalue weighted by Crippen LogP contribution is -2.16. The van der Waals surface area contributed by atoms with Crippen molar-refractivity contribution in [1.82, 2.24) is 9.97 Å². The van der Waals surface area contributed by atoms with Crippen molar-refractivity contribution in [2.24, 2.45) is 5.10 Å². The first-order chi connectivity index (χ1) is 13.5. The molecule has 0 unspecified atom stereocenters. The molecule has 0 spiro atoms. The van der Waals surface area contributed by atoms with E-state index < -0.39 is 5.56 Å². The number of hydrogen-bond acceptors (Lipinski definition) is 6. The molecular formula is C20H16BrN5O2. The van der Waals surface area contributed by atoms with Crippen molar-refractivity contribution in [1.29, 1.82) is 5.26 Å². The number of hydrazone groups is 1. The van der Waals surface area contributed by atoms with Crippen molar-refractivity contribution in [3.8, 4) is 23.1 Å². The van der Waals surface area contributed by atoms with Gasteiger partial charge in [-0.2, -0.15) is 10.4 Å². The second-order valence-electron chi connectivity index (χ2n) is 5.83. The third-order valence-electron chi connectivity index (χ3n) is 3.96. The predicted molar refractivity (Wildman–Crippen MR) is 112 cm³/mol. The highest BCUT2D eigenvalue weighted by Crippen LogP contribution is 2.25. The zero-order valence-electron chi connectivity index (χ0n) is 15.2. The van der Waals surface area contributed by atoms with Gasteiger partial charge in [0.15, 0.2) is 0 Å². The largest absolute Gasteiger partial charge is 0.496 e. The number of aryl methyl sites for hydroxylation is 1. The fourth-order valence-electron chi connectivity index (χ4n) is 2.55. The molecule has 2 N–H and O–H groups in total. The third kappa shape index (κ3) is 4.10. The van der Waals surface area contributed by atoms with Crippen LogP contribution in [0.15, 0.2) is 56.8 Å². The average Bonchev–Trinajstić information content (AvgIpc) is 2.70. The molecule has 3 rings (SSSR count). The number of anilines is 1. The van der Waals surface area contributed by atoms with E-state index in [4.69, 9.17) is 4.74 Å². The fourth-order valence-corrected chi connectivity index (χ4v) is 2.91. The Bertz CT molecular complexity index is 1130. The van der Waals surface area contributed by atoms with E-state index in [1.54, 1.807) is 25.5 Å². The van der Waals surface area contributed by atoms with Crippen LogP contribution in [-0.2, 0) is 0 Å². The van der Waals surface area contributed by atoms with E-state index in [0.29, 0.717) is 17.0 Å². The van der Waals surface area contributed by atoms with Crippen molar-refractivity contribution < 1.29 is 4.74 Å². The van der Waals surface area contributed by atoms with Crippen molar-refractivity contribution in [3.05, 3.63) is 74.0 Å². The zero-order chi connectivity index (χ0) is 20.1. The van der Waals surface area contributed by atoms with E-state index in [9.17, 15) is 10.1 Å². The molecule has 0 atom stereocenters. The van der Waals surface area contributed by atoms with Crippen molar-refractivity contribution in [2.45, 2.75) is 6.92 Å². The minimum Gasteiger partial charge on any atom is -0.496 e. The predicted octanol–water partition coefficient (Wildman–Crippen LogP) is 3.83. The Hall–Kier alpha value is -3.44. The molecule has 0 radical (unpaired) electrons. The summed E-state index contributed by atoms with van der Waals surface area (Å²) in [5.41, 5.74) is 4.85. The van der Waals surface area contributed by atoms with Crippen LogP contribution in [0.3, 0.4) is 0 Å². The van der Waals surface area contributed by atoms with Gasteiger partial charge in [0, 0.05) is 15.6 Å². The molecule has 3 aromatic rings. The van der Waals surface area contributed by atoms with Crippen LogP contribution in [0.5, 0.6) is 5.75 Å². The van der Waals surface area contributed by atoms with Crippen LogP contribution in [0.2, 0.25) is 0 Å². The molecule has 28 heavy (non-hydrogen) atoms. The van der Waals surface area contributed by atoms with Crippen molar-refractivity contribution in [3.63, 3.8) is 0 Å². The topological polar surface area (TPSA) is 103 Å². The summed E-state index contributed by atoms with van der Waals surface area (Å²) < 4.78 is 6.28. The molecule has 0 fully saturated rings. The normalized spacial score (nSPS) is 10.6. The first-order valence-corrected chi connectivity index (χ1v) is 9.06. The Morgan fingerprint density at radius 3 is 2.75 bits per heavy atom. The van der Waals surface area contributed by atoms with Gasteiger partial charge in [0.2, 0.25) is 5.95 Å². The van der Waals surface area contributed by atoms with Gasteiger partial charge in [0.05, 0.1) is 19.0 Å². The number of aromatic nitrogens is 2. The second kappa shape index (κ2) is 8.50. The maximum atomic E-state index is 12.2. The Kier molecular flexibility index (Phi) is 5.87. The lowest BCUT2D eigenvalue weighted by atomic mass is 10.1. The molecule has 0 saturated heterocycles. The highest BCUT2D eigenvalue weighted by atomic mass is 79.9. The van der Waals surface area contributed by atoms with E-state index in [-0.39, 0.29) is 11.5 Å². The minimum absolute atomic E-state index is 0.0511. The summed E-state index contributed by atoms with van der Waals surface area (Å²) in [7, 11) is 1.58. The molecule has 0 aliphatic heterocycles. The molecule has 0 aliphatic carbocycles. The van der Waals surface area contributed by atoms with Gasteiger partial charge in [0.1, 0.15) is 17.4 Å². The number of hydrogen-bond donors (Lipinski definition) is 2. The van der Waals surface area contributed by atoms with E-state index in [1.807, 2.05) is 43.3 Å². The van der Waals surface area contributed by atoms with Crippen LogP contribution in [-0.4, -0.2) is 23.3 Å². The van der Waals surface area contributed by atoms with E-state index in [1.165, 1.54) is 0 Å². The number of nitrogens with zero attached hydrogens (tertiary/aromatic N) is 3. The smallest absolute Gasteiger partial charge is 0.270 e. The SMILES string of the molecule is COc1cc(C)c(Br)cc1C=NNc1nc(-c2ccccc2)c(C#N)c(=O)[nH]1. The van der Waals surface area contributed by atoms with Gasteiger partial charge >= 0.3 is 0 Å². The number of H-pyrrole nitrogens is 1. The number of ether oxygens (including phenoxy) is 1. The Labute approximate surface area is 169 Å². The maximum Gasteiger partial charge on any atom is 0.270 e. The Morgan fingerprint density at radius 2 is 2.07 bits per heavy atom. The summed E-state index contributed by atoms with van der Waals surface area (Å²) in [4.78, 5) is 19.1. The third-order valence-corrected chi connectivity index (χ3v) is 4.82. The van der Waals surface area contributed by atoms with Crippen LogP contribution in [0, 0.1) is 18.3 Å². The fraction of sp³-hybridized carbons (Fsp3) is 0.100. The van der Waals surface area contributed by atoms with Gasteiger partial charge in [-0.05, 0) is 24.6 Å². The van der Waals surface area contributed by atoms with Crippen molar-refractivity contribution in [2.75, 3.05) is 12.5 Å². The zero-order valence-corrected chi connectivity index (χ0v) is 16.7. The monoisotopic (exact) mass is 437 g/mol. The minimum atomic E-state index is -0.537. The van der Waals surface area contributed by atoms with Gasteiger partial charge in [-0.15, -0.1) is 0 Å². The summed E-state index contributed by atoms with van der Waals surface area (Å²) in [5, 5.41) is 13.4. The molecule has 140 valence electrons. The highest BCUT2D eigenvalue weighted by Gasteiger charge is 2.13. The van der Waals surface area contributed by atoms with E-state index >= 15 is 0 Å². The second-order valence-corrected chi connectivity index (χ2v) is 6.68. The van der Waals surface area contributed by atoms with Gasteiger partial charge < -0.3 is 4.74 Å². The molecule has 8 heteroatoms. The summed E-state index contributed by atoms with van der Waals surface area (Å²) in [6, 6.07) is 14.7. The first kappa shape index (κ1) is 19.3. The van der Waals surface area contributed by atoms with Crippen LogP contribution in [0.25, 0.3) is 11.3 Å². The van der Waals surface area contributed by atoms with Crippen LogP contribution < -0.4 is 15.7 Å². The number of nitrogens with one attached hydrogen (secondary N) is 2. The number of aromatic amines is 1. The standard InChI is InChI=1S/C20H16BrN5O2/c1-12-8-17(28-2)14(9-16(12)21)11-23-26-20-24-18(13-6-4-3-5-7-13)15(10-22)19(27)25-20/h3-9,11H,1-2H3,(H2,24,25,26,27). The summed E-state index contributed by atoms with van der Waals surface area (Å²) in [5.74, 6) is 0.793. The first-order valence-electron chi connectivity index (χ1n) is 8.26. The molecule has 0 amide bonds. The van der Waals surface area contributed by atoms with Crippen LogP contribution >= 0.6 is 15.9 Å².